The van der Waals surface area contributed by atoms with Crippen LogP contribution in [0.4, 0.5) is 10.5 Å². The molecule has 1 aromatic carbocycles. The third-order valence-corrected chi connectivity index (χ3v) is 6.46. The summed E-state index contributed by atoms with van der Waals surface area (Å²) in [7, 11) is 0. The number of nitrogens with zero attached hydrogens (tertiary/aromatic N) is 3. The van der Waals surface area contributed by atoms with Gasteiger partial charge in [-0.05, 0) is 49.2 Å². The number of fused-ring (bicyclic) bond motifs is 1. The number of carboxylic acid groups (broad SMARTS) is 1. The zero-order chi connectivity index (χ0) is 23.9. The van der Waals surface area contributed by atoms with E-state index in [4.69, 9.17) is 25.2 Å². The first-order valence-corrected chi connectivity index (χ1v) is 11.2. The van der Waals surface area contributed by atoms with Gasteiger partial charge in [0.1, 0.15) is 16.9 Å². The third-order valence-electron chi connectivity index (χ3n) is 5.23. The molecule has 12 heteroatoms. The minimum atomic E-state index is -1.09. The maximum Gasteiger partial charge on any atom is 0.412 e. The molecule has 34 heavy (non-hydrogen) atoms. The highest BCUT2D eigenvalue weighted by Gasteiger charge is 2.56. The van der Waals surface area contributed by atoms with Crippen molar-refractivity contribution in [2.24, 2.45) is 0 Å². The molecule has 0 aliphatic heterocycles. The van der Waals surface area contributed by atoms with E-state index in [0.29, 0.717) is 39.7 Å². The molecule has 2 N–H and O–H groups in total. The zero-order valence-corrected chi connectivity index (χ0v) is 19.1. The molecular formula is C22H15ClN4O6S. The third kappa shape index (κ3) is 4.09. The van der Waals surface area contributed by atoms with E-state index in [9.17, 15) is 14.7 Å². The number of aromatic nitrogens is 3. The molecule has 0 spiro atoms. The monoisotopic (exact) mass is 498 g/mol. The van der Waals surface area contributed by atoms with Crippen LogP contribution in [-0.2, 0) is 21.6 Å². The van der Waals surface area contributed by atoms with Crippen molar-refractivity contribution < 1.29 is 28.3 Å². The Morgan fingerprint density at radius 3 is 2.76 bits per heavy atom. The van der Waals surface area contributed by atoms with E-state index in [2.05, 4.69) is 31.5 Å². The van der Waals surface area contributed by atoms with Gasteiger partial charge in [-0.2, -0.15) is 14.3 Å². The van der Waals surface area contributed by atoms with E-state index in [1.54, 1.807) is 31.2 Å². The first-order chi connectivity index (χ1) is 16.4. The highest BCUT2D eigenvalue weighted by atomic mass is 35.5. The van der Waals surface area contributed by atoms with E-state index in [0.717, 1.165) is 11.5 Å². The number of benzene rings is 1. The topological polar surface area (TPSA) is 141 Å². The molecule has 1 fully saturated rings. The molecular weight excluding hydrogens is 484 g/mol. The second kappa shape index (κ2) is 8.48. The van der Waals surface area contributed by atoms with Crippen LogP contribution in [0, 0.1) is 18.8 Å². The average Bonchev–Trinajstić information content (AvgIpc) is 3.25. The lowest BCUT2D eigenvalue weighted by atomic mass is 10.1. The molecule has 172 valence electrons. The summed E-state index contributed by atoms with van der Waals surface area (Å²) in [5.41, 5.74) is 0.722. The van der Waals surface area contributed by atoms with Crippen molar-refractivity contribution in [3.05, 3.63) is 57.2 Å². The minimum absolute atomic E-state index is 0.00816. The number of aryl methyl sites for hydroxylation is 1. The van der Waals surface area contributed by atoms with Gasteiger partial charge >= 0.3 is 17.8 Å². The predicted octanol–water partition coefficient (Wildman–Crippen LogP) is 4.50. The van der Waals surface area contributed by atoms with Crippen LogP contribution in [0.3, 0.4) is 0 Å². The summed E-state index contributed by atoms with van der Waals surface area (Å²) in [4.78, 5) is 32.5. The van der Waals surface area contributed by atoms with Gasteiger partial charge in [0.25, 0.3) is 5.89 Å². The molecule has 5 rings (SSSR count). The lowest BCUT2D eigenvalue weighted by Gasteiger charge is -2.08. The average molecular weight is 499 g/mol. The summed E-state index contributed by atoms with van der Waals surface area (Å²) in [6, 6.07) is 7.07. The summed E-state index contributed by atoms with van der Waals surface area (Å²) in [5.74, 6) is 4.74. The van der Waals surface area contributed by atoms with Gasteiger partial charge in [-0.25, -0.2) is 4.79 Å². The number of aliphatic carboxylic acids is 1. The molecule has 0 bridgehead atoms. The first kappa shape index (κ1) is 21.9. The quantitative estimate of drug-likeness (QED) is 0.380. The van der Waals surface area contributed by atoms with Crippen LogP contribution < -0.4 is 5.32 Å². The van der Waals surface area contributed by atoms with E-state index in [1.807, 2.05) is 0 Å². The molecule has 1 aliphatic carbocycles. The molecule has 1 aliphatic rings. The number of oxazole rings is 2. The Labute approximate surface area is 201 Å². The van der Waals surface area contributed by atoms with Crippen LogP contribution >= 0.6 is 23.1 Å². The highest BCUT2D eigenvalue weighted by Crippen LogP contribution is 2.48. The zero-order valence-electron chi connectivity index (χ0n) is 17.5. The second-order valence-corrected chi connectivity index (χ2v) is 8.73. The Kier molecular flexibility index (Phi) is 5.47. The second-order valence-electron chi connectivity index (χ2n) is 7.55. The van der Waals surface area contributed by atoms with Crippen LogP contribution in [0.25, 0.3) is 11.4 Å². The number of carboxylic acids is 1. The van der Waals surface area contributed by atoms with Crippen molar-refractivity contribution in [1.82, 2.24) is 14.3 Å². The molecule has 3 heterocycles. The van der Waals surface area contributed by atoms with Gasteiger partial charge in [0, 0.05) is 10.6 Å². The van der Waals surface area contributed by atoms with Crippen molar-refractivity contribution in [1.29, 1.82) is 0 Å². The molecule has 1 amide bonds. The van der Waals surface area contributed by atoms with E-state index < -0.39 is 17.5 Å². The van der Waals surface area contributed by atoms with Gasteiger partial charge in [-0.3, -0.25) is 10.1 Å². The van der Waals surface area contributed by atoms with Crippen LogP contribution in [-0.4, -0.2) is 31.5 Å². The molecule has 0 atom stereocenters. The van der Waals surface area contributed by atoms with Crippen LogP contribution in [0.5, 0.6) is 0 Å². The standard InChI is InChI=1S/C22H15ClN4O6S/c1-11-16(25-21(30)31-10-12-4-2-3-5-13(12)23)14(34-27-11)6-7-15-24-17-18(32-15)33-19(26-17)22(8-9-22)20(28)29/h2-5H,8-10H2,1H3,(H,25,30)(H,28,29). The number of anilines is 1. The fraction of sp³-hybridized carbons (Fsp3) is 0.227. The minimum Gasteiger partial charge on any atom is -0.480 e. The van der Waals surface area contributed by atoms with Gasteiger partial charge in [-0.15, -0.1) is 0 Å². The Balaban J connectivity index is 1.29. The number of carbonyl (C=O) groups excluding carboxylic acids is 1. The molecule has 4 aromatic rings. The maximum atomic E-state index is 12.3. The number of rotatable bonds is 5. The Morgan fingerprint density at radius 2 is 2.06 bits per heavy atom. The lowest BCUT2D eigenvalue weighted by molar-refractivity contribution is -0.140. The molecule has 0 saturated heterocycles. The number of nitrogens with one attached hydrogen (secondary N) is 1. The van der Waals surface area contributed by atoms with Crippen molar-refractivity contribution in [3.63, 3.8) is 0 Å². The largest absolute Gasteiger partial charge is 0.480 e. The van der Waals surface area contributed by atoms with E-state index >= 15 is 0 Å². The van der Waals surface area contributed by atoms with Gasteiger partial charge in [0.2, 0.25) is 11.5 Å². The Bertz CT molecular complexity index is 1460. The van der Waals surface area contributed by atoms with Crippen LogP contribution in [0.2, 0.25) is 5.02 Å². The van der Waals surface area contributed by atoms with Crippen LogP contribution in [0.1, 0.15) is 40.8 Å². The van der Waals surface area contributed by atoms with E-state index in [-0.39, 0.29) is 29.8 Å². The van der Waals surface area contributed by atoms with Gasteiger partial charge in [0.15, 0.2) is 0 Å². The van der Waals surface area contributed by atoms with Crippen molar-refractivity contribution in [2.75, 3.05) is 5.32 Å². The lowest BCUT2D eigenvalue weighted by Crippen LogP contribution is -2.19. The fourth-order valence-electron chi connectivity index (χ4n) is 3.15. The summed E-state index contributed by atoms with van der Waals surface area (Å²) in [6.45, 7) is 1.74. The highest BCUT2D eigenvalue weighted by molar-refractivity contribution is 7.07. The number of hydrogen-bond acceptors (Lipinski definition) is 9. The number of halogens is 1. The summed E-state index contributed by atoms with van der Waals surface area (Å²) < 4.78 is 20.4. The maximum absolute atomic E-state index is 12.3. The van der Waals surface area contributed by atoms with Crippen LogP contribution in [0.15, 0.2) is 33.1 Å². The molecule has 10 nitrogen and oxygen atoms in total. The van der Waals surface area contributed by atoms with Gasteiger partial charge in [0.05, 0.1) is 11.4 Å². The first-order valence-electron chi connectivity index (χ1n) is 10.0. The fourth-order valence-corrected chi connectivity index (χ4v) is 4.05. The van der Waals surface area contributed by atoms with Gasteiger partial charge < -0.3 is 18.7 Å². The number of amides is 1. The normalized spacial score (nSPS) is 13.8. The van der Waals surface area contributed by atoms with E-state index in [1.165, 1.54) is 0 Å². The molecule has 0 unspecified atom stereocenters. The predicted molar refractivity (Wildman–Crippen MR) is 121 cm³/mol. The number of carbonyl (C=O) groups is 2. The summed E-state index contributed by atoms with van der Waals surface area (Å²) >= 11 is 7.17. The molecule has 0 radical (unpaired) electrons. The van der Waals surface area contributed by atoms with Crippen molar-refractivity contribution >= 4 is 52.3 Å². The Morgan fingerprint density at radius 1 is 1.26 bits per heavy atom. The molecule has 1 saturated carbocycles. The van der Waals surface area contributed by atoms with Crippen molar-refractivity contribution in [2.45, 2.75) is 31.8 Å². The summed E-state index contributed by atoms with van der Waals surface area (Å²) in [6.07, 6.45) is 0.239. The number of ether oxygens (including phenoxy) is 1. The van der Waals surface area contributed by atoms with Crippen molar-refractivity contribution in [3.8, 4) is 11.8 Å². The summed E-state index contributed by atoms with van der Waals surface area (Å²) in [5, 5.41) is 12.5. The number of hydrogen-bond donors (Lipinski definition) is 2. The van der Waals surface area contributed by atoms with Gasteiger partial charge in [-0.1, -0.05) is 29.8 Å². The molecule has 3 aromatic heterocycles. The smallest absolute Gasteiger partial charge is 0.412 e. The Hall–Kier alpha value is -3.88. The SMILES string of the molecule is Cc1nsc(C#Cc2nc3nc(C4(C(=O)O)CC4)oc3o2)c1NC(=O)OCc1ccccc1Cl.